The van der Waals surface area contributed by atoms with Crippen molar-refractivity contribution in [3.63, 3.8) is 0 Å². The number of likely N-dealkylation sites (tertiary alicyclic amines) is 2. The van der Waals surface area contributed by atoms with Gasteiger partial charge in [-0.3, -0.25) is 28.6 Å². The third kappa shape index (κ3) is 8.63. The number of amides is 3. The second kappa shape index (κ2) is 17.5. The van der Waals surface area contributed by atoms with Crippen LogP contribution >= 0.6 is 22.9 Å². The van der Waals surface area contributed by atoms with E-state index in [0.29, 0.717) is 35.2 Å². The number of aliphatic hydroxyl groups is 1. The van der Waals surface area contributed by atoms with Gasteiger partial charge in [-0.25, -0.2) is 9.37 Å². The number of hydrogen-bond acceptors (Lipinski definition) is 10. The average molecular weight is 939 g/mol. The lowest BCUT2D eigenvalue weighted by Gasteiger charge is -2.35. The Morgan fingerprint density at radius 1 is 1.08 bits per heavy atom. The van der Waals surface area contributed by atoms with Crippen LogP contribution < -0.4 is 20.9 Å². The summed E-state index contributed by atoms with van der Waals surface area (Å²) in [6.45, 7) is 14.4. The first-order valence-corrected chi connectivity index (χ1v) is 24.1. The molecule has 3 aromatic carbocycles. The maximum Gasteiger partial charge on any atom is 0.282 e. The predicted molar refractivity (Wildman–Crippen MR) is 253 cm³/mol. The summed E-state index contributed by atoms with van der Waals surface area (Å²) < 4.78 is 23.3. The van der Waals surface area contributed by atoms with Crippen LogP contribution in [-0.2, 0) is 26.3 Å². The fraction of sp³-hybridized carbons (Fsp3) is 0.480. The van der Waals surface area contributed by atoms with Gasteiger partial charge >= 0.3 is 0 Å². The van der Waals surface area contributed by atoms with Crippen molar-refractivity contribution in [2.24, 2.45) is 5.41 Å². The Morgan fingerprint density at radius 3 is 2.53 bits per heavy atom. The van der Waals surface area contributed by atoms with Gasteiger partial charge in [-0.15, -0.1) is 11.3 Å². The number of alkyl halides is 1. The van der Waals surface area contributed by atoms with Gasteiger partial charge in [0.05, 0.1) is 49.2 Å². The van der Waals surface area contributed by atoms with E-state index in [1.165, 1.54) is 10.5 Å². The summed E-state index contributed by atoms with van der Waals surface area (Å²) in [5.74, 6) is -0.109. The number of β-amino-alcohol motifs (C(OH)–C–C–N with tert-alkyl or cyclic N) is 1. The molecule has 5 aromatic rings. The van der Waals surface area contributed by atoms with Crippen LogP contribution in [0.25, 0.3) is 27.0 Å². The molecule has 3 N–H and O–H groups in total. The van der Waals surface area contributed by atoms with Crippen LogP contribution in [0.3, 0.4) is 0 Å². The molecule has 0 unspecified atom stereocenters. The van der Waals surface area contributed by atoms with Gasteiger partial charge in [-0.1, -0.05) is 62.7 Å². The molecule has 2 aromatic heterocycles. The SMILES string of the molecule is Cc1ncsc1-c1ccc(CNC(=O)[C@@H]2C[C@@H](O)CN2C(=O)[C@@H](NC(=O)C2(F)CC2)C(C)(C)C)c(OCCN2CCC(c3ccc4c(c3)-n3c(nc(=O)c5c(Cl)cccc53)C4(C)C)CC2)c1. The number of aryl methyl sites for hydroxylation is 1. The number of fused-ring (bicyclic) bond motifs is 5. The fourth-order valence-corrected chi connectivity index (χ4v) is 10.9. The van der Waals surface area contributed by atoms with E-state index in [2.05, 4.69) is 62.1 Å². The lowest BCUT2D eigenvalue weighted by Crippen LogP contribution is -2.59. The van der Waals surface area contributed by atoms with Crippen LogP contribution in [0.1, 0.15) is 101 Å². The Kier molecular flexibility index (Phi) is 12.1. The molecule has 0 radical (unpaired) electrons. The van der Waals surface area contributed by atoms with Crippen molar-refractivity contribution in [2.75, 3.05) is 32.8 Å². The van der Waals surface area contributed by atoms with Crippen LogP contribution in [0, 0.1) is 12.3 Å². The molecule has 3 fully saturated rings. The van der Waals surface area contributed by atoms with E-state index in [4.69, 9.17) is 16.3 Å². The van der Waals surface area contributed by atoms with Crippen LogP contribution in [-0.4, -0.2) is 104 Å². The summed E-state index contributed by atoms with van der Waals surface area (Å²) >= 11 is 8.07. The molecule has 5 heterocycles. The van der Waals surface area contributed by atoms with Gasteiger partial charge in [0.2, 0.25) is 11.8 Å². The number of benzene rings is 3. The number of carbonyl (C=O) groups excluding carboxylic acids is 3. The summed E-state index contributed by atoms with van der Waals surface area (Å²) in [4.78, 5) is 67.5. The number of aliphatic hydroxyl groups excluding tert-OH is 1. The van der Waals surface area contributed by atoms with E-state index >= 15 is 0 Å². The zero-order valence-electron chi connectivity index (χ0n) is 38.2. The molecule has 348 valence electrons. The molecular formula is C50H57ClFN7O6S. The summed E-state index contributed by atoms with van der Waals surface area (Å²) in [6, 6.07) is 16.1. The molecular weight excluding hydrogens is 881 g/mol. The van der Waals surface area contributed by atoms with Crippen molar-refractivity contribution in [3.8, 4) is 21.9 Å². The molecule has 0 spiro atoms. The first-order chi connectivity index (χ1) is 31.3. The van der Waals surface area contributed by atoms with Gasteiger partial charge in [-0.2, -0.15) is 4.98 Å². The second-order valence-corrected chi connectivity index (χ2v) is 21.3. The highest BCUT2D eigenvalue weighted by Gasteiger charge is 2.53. The normalized spacial score (nSPS) is 20.5. The minimum absolute atomic E-state index is 0.0317. The van der Waals surface area contributed by atoms with Crippen molar-refractivity contribution >= 4 is 51.6 Å². The molecule has 2 saturated heterocycles. The smallest absolute Gasteiger partial charge is 0.282 e. The number of carbonyl (C=O) groups is 3. The zero-order valence-corrected chi connectivity index (χ0v) is 39.8. The van der Waals surface area contributed by atoms with E-state index in [9.17, 15) is 28.7 Å². The van der Waals surface area contributed by atoms with Gasteiger partial charge in [0, 0.05) is 31.6 Å². The molecule has 3 amide bonds. The highest BCUT2D eigenvalue weighted by molar-refractivity contribution is 7.13. The Bertz CT molecular complexity index is 2790. The lowest BCUT2D eigenvalue weighted by atomic mass is 9.83. The number of hydrogen-bond donors (Lipinski definition) is 3. The topological polar surface area (TPSA) is 159 Å². The number of aromatic nitrogens is 3. The van der Waals surface area contributed by atoms with Gasteiger partial charge < -0.3 is 25.4 Å². The molecule has 66 heavy (non-hydrogen) atoms. The van der Waals surface area contributed by atoms with Crippen LogP contribution in [0.5, 0.6) is 5.75 Å². The van der Waals surface area contributed by atoms with Gasteiger partial charge in [0.15, 0.2) is 5.67 Å². The average Bonchev–Trinajstić information content (AvgIpc) is 3.58. The lowest BCUT2D eigenvalue weighted by molar-refractivity contribution is -0.145. The van der Waals surface area contributed by atoms with Crippen molar-refractivity contribution < 1.29 is 28.6 Å². The van der Waals surface area contributed by atoms with Crippen molar-refractivity contribution in [3.05, 3.63) is 104 Å². The molecule has 1 saturated carbocycles. The van der Waals surface area contributed by atoms with Crippen molar-refractivity contribution in [2.45, 2.75) is 115 Å². The van der Waals surface area contributed by atoms with E-state index in [1.807, 2.05) is 42.8 Å². The maximum absolute atomic E-state index is 14.7. The summed E-state index contributed by atoms with van der Waals surface area (Å²) in [6.07, 6.45) is 1.25. The van der Waals surface area contributed by atoms with Crippen molar-refractivity contribution in [1.29, 1.82) is 0 Å². The number of nitrogens with zero attached hydrogens (tertiary/aromatic N) is 5. The van der Waals surface area contributed by atoms with E-state index in [0.717, 1.165) is 70.2 Å². The number of rotatable bonds is 12. The first-order valence-electron chi connectivity index (χ1n) is 22.9. The third-order valence-electron chi connectivity index (χ3n) is 14.0. The minimum atomic E-state index is -1.97. The van der Waals surface area contributed by atoms with Crippen molar-refractivity contribution in [1.82, 2.24) is 35.0 Å². The monoisotopic (exact) mass is 937 g/mol. The number of nitrogens with one attached hydrogen (secondary N) is 2. The molecule has 16 heteroatoms. The Labute approximate surface area is 392 Å². The maximum atomic E-state index is 14.7. The Hall–Kier alpha value is -5.22. The van der Waals surface area contributed by atoms with Gasteiger partial charge in [0.25, 0.3) is 11.5 Å². The van der Waals surface area contributed by atoms with Crippen LogP contribution in [0.15, 0.2) is 64.9 Å². The number of halogens is 2. The Morgan fingerprint density at radius 2 is 1.83 bits per heavy atom. The Balaban J connectivity index is 0.857. The van der Waals surface area contributed by atoms with Gasteiger partial charge in [-0.05, 0) is 112 Å². The third-order valence-corrected chi connectivity index (χ3v) is 15.3. The summed E-state index contributed by atoms with van der Waals surface area (Å²) in [7, 11) is 0. The molecule has 3 aliphatic heterocycles. The predicted octanol–water partition coefficient (Wildman–Crippen LogP) is 6.98. The highest BCUT2D eigenvalue weighted by Crippen LogP contribution is 2.45. The number of ether oxygens (including phenoxy) is 1. The first kappa shape index (κ1) is 45.9. The molecule has 13 nitrogen and oxygen atoms in total. The minimum Gasteiger partial charge on any atom is -0.492 e. The molecule has 1 aliphatic carbocycles. The zero-order chi connectivity index (χ0) is 46.9. The quantitative estimate of drug-likeness (QED) is 0.120. The van der Waals surface area contributed by atoms with Crippen LogP contribution in [0.2, 0.25) is 5.02 Å². The number of thiazole rings is 1. The fourth-order valence-electron chi connectivity index (χ4n) is 9.87. The molecule has 3 atom stereocenters. The second-order valence-electron chi connectivity index (χ2n) is 20.0. The van der Waals surface area contributed by atoms with Crippen LogP contribution in [0.4, 0.5) is 4.39 Å². The number of piperidine rings is 1. The molecule has 9 rings (SSSR count). The largest absolute Gasteiger partial charge is 0.492 e. The van der Waals surface area contributed by atoms with E-state index < -0.39 is 52.4 Å². The standard InChI is InChI=1S/C50H57ClFN7O6S/c1-28-41(66-27-54-28)31-10-11-32(25-53-43(61)38-24-33(60)26-58(38)45(63)42(48(2,3)4)55-47(64)50(52)16-17-50)39(23-31)65-21-20-57-18-14-29(15-19-57)30-12-13-34-37(22-30)59-36-9-7-8-35(51)40(36)44(62)56-46(59)49(34,5)6/h7-13,22-23,27,29,33,38,42,60H,14-21,24-26H2,1-6H3,(H,53,61)(H,55,64)/t33-,38+,42-/m1/s1. The summed E-state index contributed by atoms with van der Waals surface area (Å²) in [5.41, 5.74) is 5.09. The molecule has 4 aliphatic rings. The van der Waals surface area contributed by atoms with E-state index in [-0.39, 0.29) is 37.9 Å². The highest BCUT2D eigenvalue weighted by atomic mass is 35.5. The molecule has 0 bridgehead atoms. The summed E-state index contributed by atoms with van der Waals surface area (Å²) in [5, 5.41) is 17.1. The van der Waals surface area contributed by atoms with E-state index in [1.54, 1.807) is 38.2 Å². The van der Waals surface area contributed by atoms with Gasteiger partial charge in [0.1, 0.15) is 30.3 Å².